The number of allylic oxidation sites excluding steroid dienone is 2. The van der Waals surface area contributed by atoms with Gasteiger partial charge >= 0.3 is 0 Å². The fraction of sp³-hybridized carbons (Fsp3) is 0.458. The zero-order valence-corrected chi connectivity index (χ0v) is 18.1. The van der Waals surface area contributed by atoms with Gasteiger partial charge in [0, 0.05) is 32.7 Å². The average molecular weight is 412 g/mol. The van der Waals surface area contributed by atoms with Crippen LogP contribution in [0.15, 0.2) is 48.1 Å². The number of piperazine rings is 1. The second kappa shape index (κ2) is 10.1. The maximum atomic E-state index is 13.1. The number of alkyl halides is 1. The minimum atomic E-state index is 0.00965. The largest absolute Gasteiger partial charge is 0.339 e. The number of hydrogen-bond acceptors (Lipinski definition) is 3. The standard InChI is InChI=1S/C24H30ClN3O/c1-4-6-9-20(5-2)24-22-11-8-7-10-21(22)12-13-28(24)18-23(29)27-16-14-26(15-17-27)19(3)25/h1,5-11,19,24H,12-18H2,2-3H3/b9-6-,20-5+. The van der Waals surface area contributed by atoms with Crippen molar-refractivity contribution in [1.82, 2.24) is 14.7 Å². The Bertz CT molecular complexity index is 816. The Hall–Kier alpha value is -2.06. The van der Waals surface area contributed by atoms with Gasteiger partial charge in [0.1, 0.15) is 0 Å². The molecule has 1 saturated heterocycles. The van der Waals surface area contributed by atoms with Crippen LogP contribution in [0.3, 0.4) is 0 Å². The molecule has 0 bridgehead atoms. The zero-order chi connectivity index (χ0) is 20.8. The van der Waals surface area contributed by atoms with Crippen molar-refractivity contribution in [1.29, 1.82) is 0 Å². The summed E-state index contributed by atoms with van der Waals surface area (Å²) in [4.78, 5) is 19.6. The molecule has 0 radical (unpaired) electrons. The van der Waals surface area contributed by atoms with Gasteiger partial charge in [-0.2, -0.15) is 0 Å². The van der Waals surface area contributed by atoms with E-state index in [-0.39, 0.29) is 17.5 Å². The number of hydrogen-bond donors (Lipinski definition) is 0. The van der Waals surface area contributed by atoms with Gasteiger partial charge in [-0.05, 0) is 49.1 Å². The minimum Gasteiger partial charge on any atom is -0.339 e. The van der Waals surface area contributed by atoms with Crippen LogP contribution in [-0.2, 0) is 11.2 Å². The molecule has 1 fully saturated rings. The van der Waals surface area contributed by atoms with E-state index in [1.165, 1.54) is 11.1 Å². The molecule has 0 spiro atoms. The quantitative estimate of drug-likeness (QED) is 0.321. The molecule has 29 heavy (non-hydrogen) atoms. The first-order valence-corrected chi connectivity index (χ1v) is 10.8. The number of benzene rings is 1. The van der Waals surface area contributed by atoms with Gasteiger partial charge in [-0.3, -0.25) is 14.6 Å². The predicted molar refractivity (Wildman–Crippen MR) is 120 cm³/mol. The van der Waals surface area contributed by atoms with Crippen molar-refractivity contribution in [3.05, 3.63) is 59.2 Å². The summed E-state index contributed by atoms with van der Waals surface area (Å²) in [5, 5.41) is 0. The molecule has 0 N–H and O–H groups in total. The minimum absolute atomic E-state index is 0.00965. The molecule has 2 aliphatic heterocycles. The Morgan fingerprint density at radius 2 is 2.00 bits per heavy atom. The Labute approximate surface area is 179 Å². The normalized spacial score (nSPS) is 22.3. The van der Waals surface area contributed by atoms with Gasteiger partial charge in [0.2, 0.25) is 5.91 Å². The highest BCUT2D eigenvalue weighted by Crippen LogP contribution is 2.35. The molecular weight excluding hydrogens is 382 g/mol. The lowest BCUT2D eigenvalue weighted by Crippen LogP contribution is -2.53. The van der Waals surface area contributed by atoms with Crippen molar-refractivity contribution in [2.45, 2.75) is 31.8 Å². The van der Waals surface area contributed by atoms with E-state index in [0.29, 0.717) is 6.54 Å². The molecular formula is C24H30ClN3O. The lowest BCUT2D eigenvalue weighted by Gasteiger charge is -2.40. The van der Waals surface area contributed by atoms with E-state index in [9.17, 15) is 4.79 Å². The molecule has 2 atom stereocenters. The number of halogens is 1. The average Bonchev–Trinajstić information content (AvgIpc) is 2.75. The predicted octanol–water partition coefficient (Wildman–Crippen LogP) is 3.45. The molecule has 0 aliphatic carbocycles. The highest BCUT2D eigenvalue weighted by Gasteiger charge is 2.32. The molecule has 2 heterocycles. The van der Waals surface area contributed by atoms with Crippen LogP contribution in [0.4, 0.5) is 0 Å². The molecule has 2 aliphatic rings. The van der Waals surface area contributed by atoms with Crippen molar-refractivity contribution in [3.8, 4) is 12.3 Å². The Morgan fingerprint density at radius 3 is 2.66 bits per heavy atom. The van der Waals surface area contributed by atoms with Gasteiger partial charge in [0.25, 0.3) is 0 Å². The summed E-state index contributed by atoms with van der Waals surface area (Å²) >= 11 is 6.19. The third-order valence-electron chi connectivity index (χ3n) is 5.91. The van der Waals surface area contributed by atoms with Crippen molar-refractivity contribution in [2.24, 2.45) is 0 Å². The molecule has 3 rings (SSSR count). The van der Waals surface area contributed by atoms with E-state index in [2.05, 4.69) is 46.1 Å². The molecule has 1 aromatic carbocycles. The van der Waals surface area contributed by atoms with Gasteiger partial charge in [0.15, 0.2) is 0 Å². The van der Waals surface area contributed by atoms with Crippen molar-refractivity contribution < 1.29 is 4.79 Å². The number of terminal acetylenes is 1. The molecule has 4 nitrogen and oxygen atoms in total. The lowest BCUT2D eigenvalue weighted by molar-refractivity contribution is -0.134. The first kappa shape index (κ1) is 21.6. The van der Waals surface area contributed by atoms with Crippen LogP contribution in [0, 0.1) is 12.3 Å². The van der Waals surface area contributed by atoms with Crippen LogP contribution in [0.1, 0.15) is 31.0 Å². The van der Waals surface area contributed by atoms with Crippen LogP contribution >= 0.6 is 11.6 Å². The zero-order valence-electron chi connectivity index (χ0n) is 17.4. The SMILES string of the molecule is C#C/C=C\C(=C/C)C1c2ccccc2CCN1CC(=O)N1CCN(C(C)Cl)CC1. The smallest absolute Gasteiger partial charge is 0.236 e. The van der Waals surface area contributed by atoms with E-state index >= 15 is 0 Å². The number of amides is 1. The second-order valence-electron chi connectivity index (χ2n) is 7.60. The molecule has 5 heteroatoms. The summed E-state index contributed by atoms with van der Waals surface area (Å²) in [6.45, 7) is 8.40. The van der Waals surface area contributed by atoms with Crippen molar-refractivity contribution in [3.63, 3.8) is 0 Å². The van der Waals surface area contributed by atoms with E-state index in [1.54, 1.807) is 6.08 Å². The van der Waals surface area contributed by atoms with Crippen LogP contribution in [0.2, 0.25) is 0 Å². The second-order valence-corrected chi connectivity index (χ2v) is 8.23. The monoisotopic (exact) mass is 411 g/mol. The van der Waals surface area contributed by atoms with Gasteiger partial charge < -0.3 is 4.90 Å². The Morgan fingerprint density at radius 1 is 1.28 bits per heavy atom. The maximum Gasteiger partial charge on any atom is 0.236 e. The number of nitrogens with zero attached hydrogens (tertiary/aromatic N) is 3. The van der Waals surface area contributed by atoms with Gasteiger partial charge in [-0.25, -0.2) is 0 Å². The van der Waals surface area contributed by atoms with Gasteiger partial charge in [-0.15, -0.1) is 18.0 Å². The van der Waals surface area contributed by atoms with E-state index in [0.717, 1.165) is 44.7 Å². The van der Waals surface area contributed by atoms with Crippen LogP contribution in [0.5, 0.6) is 0 Å². The van der Waals surface area contributed by atoms with Crippen LogP contribution in [-0.4, -0.2) is 65.4 Å². The molecule has 2 unspecified atom stereocenters. The first-order chi connectivity index (χ1) is 14.0. The van der Waals surface area contributed by atoms with Crippen LogP contribution in [0.25, 0.3) is 0 Å². The molecule has 0 aromatic heterocycles. The topological polar surface area (TPSA) is 26.8 Å². The van der Waals surface area contributed by atoms with E-state index in [4.69, 9.17) is 18.0 Å². The van der Waals surface area contributed by atoms with Crippen LogP contribution < -0.4 is 0 Å². The van der Waals surface area contributed by atoms with Crippen molar-refractivity contribution in [2.75, 3.05) is 39.3 Å². The summed E-state index contributed by atoms with van der Waals surface area (Å²) in [5.74, 6) is 2.77. The van der Waals surface area contributed by atoms with E-state index < -0.39 is 0 Å². The summed E-state index contributed by atoms with van der Waals surface area (Å²) < 4.78 is 0. The highest BCUT2D eigenvalue weighted by molar-refractivity contribution is 6.20. The van der Waals surface area contributed by atoms with Gasteiger partial charge in [-0.1, -0.05) is 36.3 Å². The van der Waals surface area contributed by atoms with Gasteiger partial charge in [0.05, 0.1) is 18.1 Å². The van der Waals surface area contributed by atoms with E-state index in [1.807, 2.05) is 24.8 Å². The molecule has 1 aromatic rings. The molecule has 0 saturated carbocycles. The number of carbonyl (C=O) groups is 1. The highest BCUT2D eigenvalue weighted by atomic mass is 35.5. The summed E-state index contributed by atoms with van der Waals surface area (Å²) in [7, 11) is 0. The third-order valence-corrected chi connectivity index (χ3v) is 6.19. The molecule has 1 amide bonds. The lowest BCUT2D eigenvalue weighted by atomic mass is 9.87. The Kier molecular flexibility index (Phi) is 7.55. The summed E-state index contributed by atoms with van der Waals surface area (Å²) in [6.07, 6.45) is 12.2. The Balaban J connectivity index is 1.78. The molecule has 154 valence electrons. The first-order valence-electron chi connectivity index (χ1n) is 10.3. The number of carbonyl (C=O) groups excluding carboxylic acids is 1. The van der Waals surface area contributed by atoms with Crippen molar-refractivity contribution >= 4 is 17.5 Å². The summed E-state index contributed by atoms with van der Waals surface area (Å²) in [6, 6.07) is 8.56. The third kappa shape index (κ3) is 5.11. The summed E-state index contributed by atoms with van der Waals surface area (Å²) in [5.41, 5.74) is 3.75. The fourth-order valence-corrected chi connectivity index (χ4v) is 4.46. The fourth-order valence-electron chi connectivity index (χ4n) is 4.27. The number of fused-ring (bicyclic) bond motifs is 1. The maximum absolute atomic E-state index is 13.1. The number of rotatable bonds is 5.